The first-order valence-corrected chi connectivity index (χ1v) is 3.77. The number of aromatic nitrogens is 1. The summed E-state index contributed by atoms with van der Waals surface area (Å²) < 4.78 is 0.724. The van der Waals surface area contributed by atoms with Crippen molar-refractivity contribution in [3.8, 4) is 6.07 Å². The molecule has 0 fully saturated rings. The van der Waals surface area contributed by atoms with E-state index in [1.807, 2.05) is 6.07 Å². The van der Waals surface area contributed by atoms with Crippen LogP contribution in [0.15, 0.2) is 10.5 Å². The molecule has 1 rings (SSSR count). The van der Waals surface area contributed by atoms with E-state index in [1.165, 1.54) is 0 Å². The van der Waals surface area contributed by atoms with Crippen LogP contribution in [-0.4, -0.2) is 4.98 Å². The molecule has 11 heavy (non-hydrogen) atoms. The third kappa shape index (κ3) is 1.49. The average Bonchev–Trinajstić information content (AvgIpc) is 1.99. The molecule has 0 atom stereocenters. The molecule has 0 aliphatic carbocycles. The van der Waals surface area contributed by atoms with Crippen molar-refractivity contribution >= 4 is 21.6 Å². The molecule has 1 aromatic rings. The molecule has 0 unspecified atom stereocenters. The lowest BCUT2D eigenvalue weighted by atomic mass is 10.3. The molecule has 0 saturated carbocycles. The molecule has 0 bridgehead atoms. The Kier molecular flexibility index (Phi) is 2.11. The van der Waals surface area contributed by atoms with Crippen LogP contribution in [0.5, 0.6) is 0 Å². The summed E-state index contributed by atoms with van der Waals surface area (Å²) in [7, 11) is 0. The van der Waals surface area contributed by atoms with Gasteiger partial charge in [-0.2, -0.15) is 5.26 Å². The third-order valence-electron chi connectivity index (χ3n) is 1.31. The fourth-order valence-corrected chi connectivity index (χ4v) is 1.20. The minimum absolute atomic E-state index is 0.378. The summed E-state index contributed by atoms with van der Waals surface area (Å²) >= 11 is 3.22. The number of nitrogen functional groups attached to an aromatic ring is 1. The number of aryl methyl sites for hydroxylation is 1. The van der Waals surface area contributed by atoms with Crippen molar-refractivity contribution in [1.82, 2.24) is 4.98 Å². The van der Waals surface area contributed by atoms with Gasteiger partial charge in [0, 0.05) is 4.47 Å². The van der Waals surface area contributed by atoms with Gasteiger partial charge in [0.1, 0.15) is 11.8 Å². The van der Waals surface area contributed by atoms with Crippen LogP contribution in [0.1, 0.15) is 11.4 Å². The highest BCUT2D eigenvalue weighted by Gasteiger charge is 2.02. The van der Waals surface area contributed by atoms with E-state index in [0.29, 0.717) is 17.1 Å². The standard InChI is InChI=1S/C7H6BrN3/c1-4-7(10)6(8)2-5(3-9)11-4/h2H,10H2,1H3. The maximum absolute atomic E-state index is 8.50. The van der Waals surface area contributed by atoms with E-state index in [9.17, 15) is 0 Å². The number of rotatable bonds is 0. The topological polar surface area (TPSA) is 62.7 Å². The average molecular weight is 212 g/mol. The molecule has 3 nitrogen and oxygen atoms in total. The fraction of sp³-hybridized carbons (Fsp3) is 0.143. The van der Waals surface area contributed by atoms with Crippen molar-refractivity contribution in [2.24, 2.45) is 0 Å². The van der Waals surface area contributed by atoms with Crippen molar-refractivity contribution in [2.75, 3.05) is 5.73 Å². The van der Waals surface area contributed by atoms with E-state index in [0.717, 1.165) is 4.47 Å². The summed E-state index contributed by atoms with van der Waals surface area (Å²) in [5.74, 6) is 0. The monoisotopic (exact) mass is 211 g/mol. The number of nitrogens with two attached hydrogens (primary N) is 1. The van der Waals surface area contributed by atoms with Gasteiger partial charge < -0.3 is 5.73 Å². The van der Waals surface area contributed by atoms with Crippen LogP contribution < -0.4 is 5.73 Å². The molecule has 0 aliphatic rings. The Morgan fingerprint density at radius 2 is 2.36 bits per heavy atom. The van der Waals surface area contributed by atoms with Crippen molar-refractivity contribution in [2.45, 2.75) is 6.92 Å². The number of pyridine rings is 1. The highest BCUT2D eigenvalue weighted by Crippen LogP contribution is 2.21. The summed E-state index contributed by atoms with van der Waals surface area (Å²) in [5, 5.41) is 8.50. The highest BCUT2D eigenvalue weighted by atomic mass is 79.9. The van der Waals surface area contributed by atoms with Crippen LogP contribution in [0, 0.1) is 18.3 Å². The van der Waals surface area contributed by atoms with E-state index in [1.54, 1.807) is 13.0 Å². The van der Waals surface area contributed by atoms with Gasteiger partial charge in [-0.3, -0.25) is 0 Å². The van der Waals surface area contributed by atoms with Gasteiger partial charge in [0.05, 0.1) is 11.4 Å². The molecule has 1 heterocycles. The lowest BCUT2D eigenvalue weighted by molar-refractivity contribution is 1.16. The number of halogens is 1. The Labute approximate surface area is 73.0 Å². The fourth-order valence-electron chi connectivity index (χ4n) is 0.701. The van der Waals surface area contributed by atoms with E-state index < -0.39 is 0 Å². The number of hydrogen-bond donors (Lipinski definition) is 1. The number of nitriles is 1. The molecular weight excluding hydrogens is 206 g/mol. The second-order valence-electron chi connectivity index (χ2n) is 2.10. The molecular formula is C7H6BrN3. The van der Waals surface area contributed by atoms with Gasteiger partial charge in [0.15, 0.2) is 0 Å². The third-order valence-corrected chi connectivity index (χ3v) is 1.97. The van der Waals surface area contributed by atoms with Gasteiger partial charge in [-0.15, -0.1) is 0 Å². The van der Waals surface area contributed by atoms with Gasteiger partial charge >= 0.3 is 0 Å². The van der Waals surface area contributed by atoms with Crippen LogP contribution in [0.2, 0.25) is 0 Å². The lowest BCUT2D eigenvalue weighted by Gasteiger charge is -2.00. The molecule has 0 amide bonds. The number of anilines is 1. The van der Waals surface area contributed by atoms with E-state index in [4.69, 9.17) is 11.0 Å². The quantitative estimate of drug-likeness (QED) is 0.710. The van der Waals surface area contributed by atoms with E-state index in [2.05, 4.69) is 20.9 Å². The van der Waals surface area contributed by atoms with Gasteiger partial charge in [-0.05, 0) is 28.9 Å². The van der Waals surface area contributed by atoms with Crippen molar-refractivity contribution in [3.05, 3.63) is 21.9 Å². The molecule has 0 aromatic carbocycles. The maximum Gasteiger partial charge on any atom is 0.142 e. The van der Waals surface area contributed by atoms with Crippen molar-refractivity contribution < 1.29 is 0 Å². The molecule has 2 N–H and O–H groups in total. The maximum atomic E-state index is 8.50. The first kappa shape index (κ1) is 8.02. The SMILES string of the molecule is Cc1nc(C#N)cc(Br)c1N. The lowest BCUT2D eigenvalue weighted by Crippen LogP contribution is -1.96. The van der Waals surface area contributed by atoms with Crippen LogP contribution in [0.25, 0.3) is 0 Å². The number of hydrogen-bond acceptors (Lipinski definition) is 3. The molecule has 1 aromatic heterocycles. The van der Waals surface area contributed by atoms with Gasteiger partial charge in [-0.1, -0.05) is 0 Å². The highest BCUT2D eigenvalue weighted by molar-refractivity contribution is 9.10. The number of nitrogens with zero attached hydrogens (tertiary/aromatic N) is 2. The van der Waals surface area contributed by atoms with E-state index >= 15 is 0 Å². The Bertz CT molecular complexity index is 304. The second kappa shape index (κ2) is 2.89. The van der Waals surface area contributed by atoms with Crippen LogP contribution >= 0.6 is 15.9 Å². The Hall–Kier alpha value is -1.08. The van der Waals surface area contributed by atoms with Gasteiger partial charge in [0.2, 0.25) is 0 Å². The predicted molar refractivity (Wildman–Crippen MR) is 45.8 cm³/mol. The summed E-state index contributed by atoms with van der Waals surface area (Å²) in [5.41, 5.74) is 7.23. The first-order chi connectivity index (χ1) is 5.15. The Morgan fingerprint density at radius 1 is 1.73 bits per heavy atom. The minimum Gasteiger partial charge on any atom is -0.396 e. The normalized spacial score (nSPS) is 9.18. The minimum atomic E-state index is 0.378. The smallest absolute Gasteiger partial charge is 0.142 e. The van der Waals surface area contributed by atoms with Crippen LogP contribution in [0.3, 0.4) is 0 Å². The first-order valence-electron chi connectivity index (χ1n) is 2.98. The Balaban J connectivity index is 3.35. The molecule has 4 heteroatoms. The van der Waals surface area contributed by atoms with E-state index in [-0.39, 0.29) is 0 Å². The molecule has 0 spiro atoms. The van der Waals surface area contributed by atoms with Crippen LogP contribution in [-0.2, 0) is 0 Å². The summed E-state index contributed by atoms with van der Waals surface area (Å²) in [6.07, 6.45) is 0. The Morgan fingerprint density at radius 3 is 2.82 bits per heavy atom. The summed E-state index contributed by atoms with van der Waals surface area (Å²) in [6.45, 7) is 1.76. The van der Waals surface area contributed by atoms with Crippen molar-refractivity contribution in [1.29, 1.82) is 5.26 Å². The summed E-state index contributed by atoms with van der Waals surface area (Å²) in [4.78, 5) is 3.94. The second-order valence-corrected chi connectivity index (χ2v) is 2.95. The zero-order valence-electron chi connectivity index (χ0n) is 5.93. The largest absolute Gasteiger partial charge is 0.396 e. The van der Waals surface area contributed by atoms with Crippen molar-refractivity contribution in [3.63, 3.8) is 0 Å². The molecule has 0 saturated heterocycles. The summed E-state index contributed by atoms with van der Waals surface area (Å²) in [6, 6.07) is 3.54. The van der Waals surface area contributed by atoms with Crippen LogP contribution in [0.4, 0.5) is 5.69 Å². The van der Waals surface area contributed by atoms with Gasteiger partial charge in [0.25, 0.3) is 0 Å². The zero-order chi connectivity index (χ0) is 8.43. The molecule has 0 aliphatic heterocycles. The molecule has 56 valence electrons. The predicted octanol–water partition coefficient (Wildman–Crippen LogP) is 1.61. The van der Waals surface area contributed by atoms with Gasteiger partial charge in [-0.25, -0.2) is 4.98 Å². The molecule has 0 radical (unpaired) electrons. The zero-order valence-corrected chi connectivity index (χ0v) is 7.51.